The van der Waals surface area contributed by atoms with Crippen molar-refractivity contribution in [1.82, 2.24) is 10.2 Å². The summed E-state index contributed by atoms with van der Waals surface area (Å²) in [6.07, 6.45) is 3.53. The average molecular weight is 240 g/mol. The second-order valence-electron chi connectivity index (χ2n) is 6.04. The van der Waals surface area contributed by atoms with E-state index in [0.29, 0.717) is 6.04 Å². The zero-order valence-electron chi connectivity index (χ0n) is 12.0. The van der Waals surface area contributed by atoms with Crippen LogP contribution in [0, 0.1) is 0 Å². The van der Waals surface area contributed by atoms with Gasteiger partial charge in [-0.2, -0.15) is 0 Å². The van der Waals surface area contributed by atoms with E-state index in [2.05, 4.69) is 44.0 Å². The maximum atomic E-state index is 5.35. The summed E-state index contributed by atoms with van der Waals surface area (Å²) in [5, 5.41) is 3.57. The second kappa shape index (κ2) is 6.53. The Hall–Kier alpha value is -0.380. The molecule has 0 aromatic rings. The summed E-state index contributed by atoms with van der Waals surface area (Å²) < 4.78 is 5.35. The van der Waals surface area contributed by atoms with Crippen LogP contribution in [0.15, 0.2) is 11.6 Å². The zero-order valence-corrected chi connectivity index (χ0v) is 12.0. The molecule has 1 N–H and O–H groups in total. The SMILES string of the molecule is COCC(CNC(C)(C)C)N1CC=C(C)CC1. The Morgan fingerprint density at radius 1 is 1.47 bits per heavy atom. The molecule has 0 amide bonds. The van der Waals surface area contributed by atoms with Gasteiger partial charge in [-0.05, 0) is 34.1 Å². The lowest BCUT2D eigenvalue weighted by Crippen LogP contribution is -2.50. The molecule has 0 saturated carbocycles. The molecule has 0 radical (unpaired) electrons. The molecule has 0 spiro atoms. The van der Waals surface area contributed by atoms with Crippen LogP contribution in [-0.4, -0.2) is 49.8 Å². The minimum absolute atomic E-state index is 0.174. The first-order valence-corrected chi connectivity index (χ1v) is 6.56. The minimum Gasteiger partial charge on any atom is -0.383 e. The molecule has 1 aliphatic rings. The highest BCUT2D eigenvalue weighted by Gasteiger charge is 2.21. The van der Waals surface area contributed by atoms with Gasteiger partial charge in [0, 0.05) is 38.3 Å². The molecule has 0 fully saturated rings. The topological polar surface area (TPSA) is 24.5 Å². The largest absolute Gasteiger partial charge is 0.383 e. The van der Waals surface area contributed by atoms with E-state index in [1.54, 1.807) is 7.11 Å². The summed E-state index contributed by atoms with van der Waals surface area (Å²) in [4.78, 5) is 2.51. The molecule has 0 aromatic carbocycles. The highest BCUT2D eigenvalue weighted by Crippen LogP contribution is 2.13. The first-order chi connectivity index (χ1) is 7.92. The van der Waals surface area contributed by atoms with Crippen LogP contribution < -0.4 is 5.32 Å². The Morgan fingerprint density at radius 3 is 2.65 bits per heavy atom. The molecule has 100 valence electrons. The Kier molecular flexibility index (Phi) is 5.63. The highest BCUT2D eigenvalue weighted by atomic mass is 16.5. The van der Waals surface area contributed by atoms with Crippen molar-refractivity contribution in [2.24, 2.45) is 0 Å². The highest BCUT2D eigenvalue weighted by molar-refractivity contribution is 5.04. The molecule has 3 heteroatoms. The number of hydrogen-bond acceptors (Lipinski definition) is 3. The van der Waals surface area contributed by atoms with Gasteiger partial charge in [0.25, 0.3) is 0 Å². The van der Waals surface area contributed by atoms with Gasteiger partial charge in [0.1, 0.15) is 0 Å². The van der Waals surface area contributed by atoms with E-state index >= 15 is 0 Å². The van der Waals surface area contributed by atoms with Gasteiger partial charge >= 0.3 is 0 Å². The van der Waals surface area contributed by atoms with Crippen LogP contribution in [0.1, 0.15) is 34.1 Å². The lowest BCUT2D eigenvalue weighted by Gasteiger charge is -2.35. The molecular formula is C14H28N2O. The van der Waals surface area contributed by atoms with Crippen molar-refractivity contribution >= 4 is 0 Å². The van der Waals surface area contributed by atoms with Crippen LogP contribution in [0.5, 0.6) is 0 Å². The summed E-state index contributed by atoms with van der Waals surface area (Å²) in [5.41, 5.74) is 1.69. The maximum Gasteiger partial charge on any atom is 0.0630 e. The van der Waals surface area contributed by atoms with Gasteiger partial charge in [-0.1, -0.05) is 11.6 Å². The Bertz CT molecular complexity index is 255. The smallest absolute Gasteiger partial charge is 0.0630 e. The summed E-state index contributed by atoms with van der Waals surface area (Å²) in [6.45, 7) is 12.8. The van der Waals surface area contributed by atoms with Gasteiger partial charge in [-0.25, -0.2) is 0 Å². The number of nitrogens with one attached hydrogen (secondary N) is 1. The standard InChI is InChI=1S/C14H28N2O/c1-12-6-8-16(9-7-12)13(11-17-5)10-15-14(2,3)4/h6,13,15H,7-11H2,1-5H3. The van der Waals surface area contributed by atoms with Crippen molar-refractivity contribution in [2.45, 2.75) is 45.7 Å². The van der Waals surface area contributed by atoms with E-state index in [1.807, 2.05) is 0 Å². The fraction of sp³-hybridized carbons (Fsp3) is 0.857. The average Bonchev–Trinajstić information content (AvgIpc) is 2.24. The normalized spacial score (nSPS) is 20.2. The predicted molar refractivity (Wildman–Crippen MR) is 73.4 cm³/mol. The molecule has 17 heavy (non-hydrogen) atoms. The Morgan fingerprint density at radius 2 is 2.18 bits per heavy atom. The number of methoxy groups -OCH3 is 1. The van der Waals surface area contributed by atoms with Crippen molar-refractivity contribution in [3.8, 4) is 0 Å². The fourth-order valence-corrected chi connectivity index (χ4v) is 2.03. The van der Waals surface area contributed by atoms with E-state index < -0.39 is 0 Å². The first kappa shape index (κ1) is 14.7. The molecule has 1 aliphatic heterocycles. The second-order valence-corrected chi connectivity index (χ2v) is 6.04. The predicted octanol–water partition coefficient (Wildman–Crippen LogP) is 2.04. The van der Waals surface area contributed by atoms with Gasteiger partial charge in [0.05, 0.1) is 6.61 Å². The molecule has 3 nitrogen and oxygen atoms in total. The van der Waals surface area contributed by atoms with Gasteiger partial charge in [-0.15, -0.1) is 0 Å². The maximum absolute atomic E-state index is 5.35. The lowest BCUT2D eigenvalue weighted by atomic mass is 10.1. The molecule has 0 aliphatic carbocycles. The van der Waals surface area contributed by atoms with E-state index in [9.17, 15) is 0 Å². The van der Waals surface area contributed by atoms with E-state index in [0.717, 1.165) is 26.2 Å². The van der Waals surface area contributed by atoms with Crippen LogP contribution in [0.3, 0.4) is 0 Å². The van der Waals surface area contributed by atoms with E-state index in [1.165, 1.54) is 12.0 Å². The molecule has 0 bridgehead atoms. The Labute approximate surface area is 106 Å². The molecule has 1 atom stereocenters. The fourth-order valence-electron chi connectivity index (χ4n) is 2.03. The minimum atomic E-state index is 0.174. The zero-order chi connectivity index (χ0) is 12.9. The Balaban J connectivity index is 2.48. The van der Waals surface area contributed by atoms with Crippen molar-refractivity contribution < 1.29 is 4.74 Å². The first-order valence-electron chi connectivity index (χ1n) is 6.56. The summed E-state index contributed by atoms with van der Waals surface area (Å²) in [6, 6.07) is 0.476. The van der Waals surface area contributed by atoms with Crippen LogP contribution in [0.2, 0.25) is 0 Å². The van der Waals surface area contributed by atoms with E-state index in [4.69, 9.17) is 4.74 Å². The number of hydrogen-bond donors (Lipinski definition) is 1. The van der Waals surface area contributed by atoms with Crippen LogP contribution in [-0.2, 0) is 4.74 Å². The van der Waals surface area contributed by atoms with Crippen LogP contribution >= 0.6 is 0 Å². The van der Waals surface area contributed by atoms with Gasteiger partial charge < -0.3 is 10.1 Å². The van der Waals surface area contributed by atoms with Crippen molar-refractivity contribution in [3.05, 3.63) is 11.6 Å². The third kappa shape index (κ3) is 5.66. The molecule has 0 saturated heterocycles. The van der Waals surface area contributed by atoms with Crippen molar-refractivity contribution in [2.75, 3.05) is 33.4 Å². The van der Waals surface area contributed by atoms with E-state index in [-0.39, 0.29) is 5.54 Å². The monoisotopic (exact) mass is 240 g/mol. The quantitative estimate of drug-likeness (QED) is 0.744. The molecule has 1 unspecified atom stereocenters. The molecule has 0 aromatic heterocycles. The third-order valence-electron chi connectivity index (χ3n) is 3.21. The third-order valence-corrected chi connectivity index (χ3v) is 3.21. The summed E-state index contributed by atoms with van der Waals surface area (Å²) in [7, 11) is 1.79. The summed E-state index contributed by atoms with van der Waals surface area (Å²) in [5.74, 6) is 0. The molecule has 1 heterocycles. The number of rotatable bonds is 5. The van der Waals surface area contributed by atoms with Gasteiger partial charge in [-0.3, -0.25) is 4.90 Å². The van der Waals surface area contributed by atoms with Crippen molar-refractivity contribution in [1.29, 1.82) is 0 Å². The van der Waals surface area contributed by atoms with Crippen LogP contribution in [0.4, 0.5) is 0 Å². The lowest BCUT2D eigenvalue weighted by molar-refractivity contribution is 0.0903. The number of nitrogens with zero attached hydrogens (tertiary/aromatic N) is 1. The van der Waals surface area contributed by atoms with Crippen LogP contribution in [0.25, 0.3) is 0 Å². The number of ether oxygens (including phenoxy) is 1. The van der Waals surface area contributed by atoms with Crippen molar-refractivity contribution in [3.63, 3.8) is 0 Å². The van der Waals surface area contributed by atoms with Gasteiger partial charge in [0.2, 0.25) is 0 Å². The van der Waals surface area contributed by atoms with Gasteiger partial charge in [0.15, 0.2) is 0 Å². The summed E-state index contributed by atoms with van der Waals surface area (Å²) >= 11 is 0. The molecular weight excluding hydrogens is 212 g/mol. The molecule has 1 rings (SSSR count).